The van der Waals surface area contributed by atoms with Crippen molar-refractivity contribution >= 4 is 59.8 Å². The van der Waals surface area contributed by atoms with E-state index in [4.69, 9.17) is 18.9 Å². The van der Waals surface area contributed by atoms with Gasteiger partial charge in [0, 0.05) is 34.9 Å². The number of hydrogen-bond donors (Lipinski definition) is 3. The van der Waals surface area contributed by atoms with E-state index in [0.717, 1.165) is 28.5 Å². The van der Waals surface area contributed by atoms with Crippen LogP contribution < -0.4 is 15.4 Å². The maximum absolute atomic E-state index is 15.3. The molecule has 3 saturated heterocycles. The van der Waals surface area contributed by atoms with Crippen molar-refractivity contribution in [3.05, 3.63) is 65.5 Å². The van der Waals surface area contributed by atoms with Gasteiger partial charge in [0.15, 0.2) is 0 Å². The summed E-state index contributed by atoms with van der Waals surface area (Å²) >= 11 is 0.405. The number of halogens is 1. The molecule has 3 heterocycles. The van der Waals surface area contributed by atoms with Gasteiger partial charge >= 0.3 is 138 Å². The minimum atomic E-state index is -1.06. The number of nitrogens with zero attached hydrogens (tertiary/aromatic N) is 4. The Balaban J connectivity index is 1.20. The average molecular weight is 1120 g/mol. The van der Waals surface area contributed by atoms with Gasteiger partial charge in [-0.15, -0.1) is 0 Å². The summed E-state index contributed by atoms with van der Waals surface area (Å²) < 4.78 is 38.3. The molecule has 3 N–H and O–H groups in total. The smallest absolute Gasteiger partial charge is 0.0176 e. The SMILES string of the molecule is CC[C@H](C)[C@@H]([C@@H](CC(=O)N1CCC[C@@H]1[C@H](OC)[C@H](C)C(=O)N[C@H](C)[C@@H](O)c1ccccc1)OC)N(C)C(=O)[C@H](NC(=O)[C@@H](C(C)C)N(C)C(=O)OCc1ccc(OC(=O)N2CC[C@@H]3CS[Se]C[C@@H]32)c(F)c1)C(C)C. The third-order valence-corrected chi connectivity index (χ3v) is 19.5. The maximum Gasteiger partial charge on any atom is -0.0176 e. The third kappa shape index (κ3) is 14.9. The molecule has 17 nitrogen and oxygen atoms in total. The van der Waals surface area contributed by atoms with Crippen LogP contribution in [0.2, 0.25) is 5.32 Å². The van der Waals surface area contributed by atoms with Crippen LogP contribution in [0.3, 0.4) is 0 Å². The Hall–Kier alpha value is -4.46. The van der Waals surface area contributed by atoms with Gasteiger partial charge in [-0.25, -0.2) is 4.79 Å². The van der Waals surface area contributed by atoms with Gasteiger partial charge < -0.3 is 35.0 Å². The summed E-state index contributed by atoms with van der Waals surface area (Å²) in [5, 5.41) is 17.7. The standard InChI is InChI=1S/C54H81FN6O11SSe/c1-13-33(6)47(43(69-11)27-44(62)60-24-17-20-40(60)49(70-12)34(7)50(64)56-35(8)48(63)37-18-15-14-16-19-37)58(9)52(66)45(31(2)3)57-51(65)46(32(4)5)59(10)53(67)71-28-36-21-22-42(39(55)26-36)72-54(68)61-25-23-38-29-73-74-30-41(38)61/h14-16,18-19,21-22,26,31-35,38,40-41,43,45-49,63H,13,17,20,23-25,27-30H2,1-12H3,(H,56,64)(H,57,65)/t33-,34-,35+,38+,40+,41-,43+,45+,46+,47-,48+,49+/m0/s1. The fourth-order valence-corrected chi connectivity index (χ4v) is 15.7. The monoisotopic (exact) mass is 1120 g/mol. The van der Waals surface area contributed by atoms with Gasteiger partial charge in [-0.3, -0.25) is 24.1 Å². The molecule has 412 valence electrons. The molecule has 0 aliphatic carbocycles. The molecule has 0 unspecified atom stereocenters. The molecular weight excluding hydrogens is 1040 g/mol. The number of amides is 6. The summed E-state index contributed by atoms with van der Waals surface area (Å²) in [6.45, 7) is 15.3. The number of hydrogen-bond acceptors (Lipinski definition) is 12. The number of aliphatic hydroxyl groups excluding tert-OH is 1. The second-order valence-electron chi connectivity index (χ2n) is 20.8. The van der Waals surface area contributed by atoms with Crippen LogP contribution in [0.25, 0.3) is 0 Å². The summed E-state index contributed by atoms with van der Waals surface area (Å²) in [6.07, 6.45) is -0.932. The number of carbonyl (C=O) groups is 6. The van der Waals surface area contributed by atoms with Crippen LogP contribution in [0.15, 0.2) is 48.5 Å². The molecule has 3 aliphatic rings. The van der Waals surface area contributed by atoms with Crippen LogP contribution >= 0.6 is 10.2 Å². The van der Waals surface area contributed by atoms with E-state index in [-0.39, 0.29) is 42.6 Å². The number of likely N-dealkylation sites (tertiary alicyclic amines) is 2. The largest absolute Gasteiger partial charge is 0.0603 e. The van der Waals surface area contributed by atoms with Gasteiger partial charge in [0.2, 0.25) is 23.6 Å². The van der Waals surface area contributed by atoms with Gasteiger partial charge in [-0.1, -0.05) is 85.2 Å². The zero-order valence-electron chi connectivity index (χ0n) is 45.3. The number of nitrogens with one attached hydrogen (secondary N) is 2. The van der Waals surface area contributed by atoms with Crippen LogP contribution in [0.5, 0.6) is 5.75 Å². The van der Waals surface area contributed by atoms with Gasteiger partial charge in [0.05, 0.1) is 48.8 Å². The topological polar surface area (TPSA) is 197 Å². The Morgan fingerprint density at radius 1 is 0.878 bits per heavy atom. The normalized spacial score (nSPS) is 21.3. The van der Waals surface area contributed by atoms with Crippen molar-refractivity contribution in [1.29, 1.82) is 0 Å². The fraction of sp³-hybridized carbons (Fsp3) is 0.667. The molecule has 0 spiro atoms. The van der Waals surface area contributed by atoms with Crippen molar-refractivity contribution in [3.8, 4) is 5.75 Å². The van der Waals surface area contributed by atoms with Crippen molar-refractivity contribution < 1.29 is 57.2 Å². The molecule has 74 heavy (non-hydrogen) atoms. The van der Waals surface area contributed by atoms with E-state index in [1.54, 1.807) is 61.6 Å². The third-order valence-electron chi connectivity index (χ3n) is 15.2. The van der Waals surface area contributed by atoms with E-state index in [2.05, 4.69) is 10.6 Å². The summed E-state index contributed by atoms with van der Waals surface area (Å²) in [5.41, 5.74) is 0.989. The number of ether oxygens (including phenoxy) is 4. The zero-order valence-corrected chi connectivity index (χ0v) is 47.8. The molecule has 3 aliphatic heterocycles. The van der Waals surface area contributed by atoms with E-state index >= 15 is 4.39 Å². The predicted molar refractivity (Wildman–Crippen MR) is 283 cm³/mol. The molecule has 0 radical (unpaired) electrons. The Morgan fingerprint density at radius 2 is 1.58 bits per heavy atom. The van der Waals surface area contributed by atoms with Crippen molar-refractivity contribution in [3.63, 3.8) is 0 Å². The fourth-order valence-electron chi connectivity index (χ4n) is 10.6. The zero-order chi connectivity index (χ0) is 54.6. The molecule has 12 atom stereocenters. The quantitative estimate of drug-likeness (QED) is 0.1000. The molecule has 2 aromatic rings. The molecule has 5 rings (SSSR count). The first-order valence-corrected chi connectivity index (χ1v) is 30.2. The van der Waals surface area contributed by atoms with E-state index in [0.29, 0.717) is 63.2 Å². The molecule has 6 amide bonds. The summed E-state index contributed by atoms with van der Waals surface area (Å²) in [7, 11) is 8.06. The van der Waals surface area contributed by atoms with Crippen molar-refractivity contribution in [2.45, 2.75) is 154 Å². The molecular formula is C54H81FN6O11SSe. The van der Waals surface area contributed by atoms with Crippen molar-refractivity contribution in [2.75, 3.05) is 47.2 Å². The molecule has 0 aromatic heterocycles. The number of carbonyl (C=O) groups excluding carboxylic acids is 6. The predicted octanol–water partition coefficient (Wildman–Crippen LogP) is 6.69. The number of rotatable bonds is 23. The summed E-state index contributed by atoms with van der Waals surface area (Å²) in [4.78, 5) is 89.6. The van der Waals surface area contributed by atoms with Crippen LogP contribution in [0, 0.1) is 35.4 Å². The second kappa shape index (κ2) is 28.1. The van der Waals surface area contributed by atoms with Gasteiger partial charge in [-0.2, -0.15) is 0 Å². The summed E-state index contributed by atoms with van der Waals surface area (Å²) in [6, 6.07) is 9.53. The number of fused-ring (bicyclic) bond motifs is 1. The first-order chi connectivity index (χ1) is 35.1. The first kappa shape index (κ1) is 60.4. The maximum atomic E-state index is 15.3. The summed E-state index contributed by atoms with van der Waals surface area (Å²) in [5.74, 6) is -2.66. The number of aliphatic hydroxyl groups is 1. The Morgan fingerprint density at radius 3 is 2.20 bits per heavy atom. The Kier molecular flexibility index (Phi) is 22.9. The molecule has 20 heteroatoms. The molecule has 0 bridgehead atoms. The van der Waals surface area contributed by atoms with Gasteiger partial charge in [-0.05, 0) is 43.1 Å². The average Bonchev–Trinajstić information content (AvgIpc) is 4.05. The number of likely N-dealkylation sites (N-methyl/N-ethyl adjacent to an activating group) is 2. The number of methoxy groups -OCH3 is 2. The molecule has 3 fully saturated rings. The van der Waals surface area contributed by atoms with E-state index in [1.165, 1.54) is 33.4 Å². The van der Waals surface area contributed by atoms with Crippen LogP contribution in [0.1, 0.15) is 105 Å². The van der Waals surface area contributed by atoms with Crippen molar-refractivity contribution in [2.24, 2.45) is 29.6 Å². The first-order valence-electron chi connectivity index (χ1n) is 26.0. The van der Waals surface area contributed by atoms with E-state index < -0.39 is 96.1 Å². The number of benzene rings is 2. The van der Waals surface area contributed by atoms with E-state index in [1.807, 2.05) is 56.1 Å². The van der Waals surface area contributed by atoms with Crippen molar-refractivity contribution in [1.82, 2.24) is 30.2 Å². The van der Waals surface area contributed by atoms with E-state index in [9.17, 15) is 33.9 Å². The second-order valence-corrected chi connectivity index (χ2v) is 25.3. The Labute approximate surface area is 447 Å². The molecule has 0 saturated carbocycles. The Bertz CT molecular complexity index is 2220. The van der Waals surface area contributed by atoms with Gasteiger partial charge in [0.25, 0.3) is 0 Å². The minimum Gasteiger partial charge on any atom is -0.0603 e. The van der Waals surface area contributed by atoms with Crippen LogP contribution in [0.4, 0.5) is 14.0 Å². The van der Waals surface area contributed by atoms with Crippen LogP contribution in [-0.4, -0.2) is 170 Å². The van der Waals surface area contributed by atoms with Gasteiger partial charge in [0.1, 0.15) is 12.1 Å². The molecule has 2 aromatic carbocycles. The minimum absolute atomic E-state index is 0.0679. The van der Waals surface area contributed by atoms with Crippen LogP contribution in [-0.2, 0) is 40.0 Å².